The molecule has 0 aliphatic carbocycles. The first-order chi connectivity index (χ1) is 8.75. The van der Waals surface area contributed by atoms with Crippen LogP contribution in [0.5, 0.6) is 0 Å². The van der Waals surface area contributed by atoms with Crippen LogP contribution in [-0.4, -0.2) is 24.3 Å². The Morgan fingerprint density at radius 1 is 1.11 bits per heavy atom. The Balaban J connectivity index is 1.92. The second-order valence-corrected chi connectivity index (χ2v) is 4.37. The topological polar surface area (TPSA) is 20.3 Å². The maximum absolute atomic E-state index is 12.0. The van der Waals surface area contributed by atoms with Gasteiger partial charge in [0.2, 0.25) is 0 Å². The van der Waals surface area contributed by atoms with Crippen LogP contribution < -0.4 is 0 Å². The highest BCUT2D eigenvalue weighted by Gasteiger charge is 2.08. The molecule has 0 N–H and O–H groups in total. The first-order valence-corrected chi connectivity index (χ1v) is 5.97. The summed E-state index contributed by atoms with van der Waals surface area (Å²) in [5, 5.41) is 0. The highest BCUT2D eigenvalue weighted by atomic mass is 16.1. The number of hydrogen-bond acceptors (Lipinski definition) is 2. The minimum atomic E-state index is 0.141. The summed E-state index contributed by atoms with van der Waals surface area (Å²) in [6.07, 6.45) is 0. The number of benzene rings is 2. The fourth-order valence-electron chi connectivity index (χ4n) is 1.86. The van der Waals surface area contributed by atoms with Gasteiger partial charge < -0.3 is 0 Å². The van der Waals surface area contributed by atoms with Gasteiger partial charge in [-0.15, -0.1) is 0 Å². The number of carbonyl (C=O) groups excluding carboxylic acids is 1. The van der Waals surface area contributed by atoms with Crippen molar-refractivity contribution in [1.82, 2.24) is 4.90 Å². The summed E-state index contributed by atoms with van der Waals surface area (Å²) in [6, 6.07) is 20.2. The van der Waals surface area contributed by atoms with E-state index in [0.29, 0.717) is 6.54 Å². The molecule has 0 heterocycles. The summed E-state index contributed by atoms with van der Waals surface area (Å²) in [7, 11) is 1.96. The molecule has 0 saturated carbocycles. The zero-order valence-corrected chi connectivity index (χ0v) is 10.5. The Morgan fingerprint density at radius 2 is 1.78 bits per heavy atom. The number of carbonyl (C=O) groups is 1. The van der Waals surface area contributed by atoms with E-state index in [1.807, 2.05) is 30.1 Å². The van der Waals surface area contributed by atoms with Gasteiger partial charge in [-0.05, 0) is 18.7 Å². The van der Waals surface area contributed by atoms with Gasteiger partial charge in [0.15, 0.2) is 5.78 Å². The van der Waals surface area contributed by atoms with Crippen LogP contribution in [0.2, 0.25) is 0 Å². The zero-order valence-electron chi connectivity index (χ0n) is 10.5. The van der Waals surface area contributed by atoms with Crippen LogP contribution in [0.3, 0.4) is 0 Å². The van der Waals surface area contributed by atoms with Gasteiger partial charge in [-0.25, -0.2) is 0 Å². The Labute approximate surface area is 108 Å². The first kappa shape index (κ1) is 12.5. The molecule has 2 rings (SSSR count). The van der Waals surface area contributed by atoms with Crippen molar-refractivity contribution in [3.05, 3.63) is 71.8 Å². The summed E-state index contributed by atoms with van der Waals surface area (Å²) < 4.78 is 0. The summed E-state index contributed by atoms with van der Waals surface area (Å²) >= 11 is 0. The highest BCUT2D eigenvalue weighted by Crippen LogP contribution is 2.05. The van der Waals surface area contributed by atoms with Crippen molar-refractivity contribution in [1.29, 1.82) is 0 Å². The monoisotopic (exact) mass is 238 g/mol. The van der Waals surface area contributed by atoms with E-state index in [0.717, 1.165) is 12.1 Å². The van der Waals surface area contributed by atoms with E-state index >= 15 is 0 Å². The van der Waals surface area contributed by atoms with E-state index in [4.69, 9.17) is 0 Å². The molecule has 0 atom stereocenters. The molecular weight excluding hydrogens is 222 g/mol. The van der Waals surface area contributed by atoms with E-state index in [1.165, 1.54) is 5.56 Å². The number of rotatable bonds is 5. The van der Waals surface area contributed by atoms with Gasteiger partial charge in [0.05, 0.1) is 6.54 Å². The van der Waals surface area contributed by atoms with Crippen LogP contribution in [0.15, 0.2) is 54.6 Å². The lowest BCUT2D eigenvalue weighted by atomic mass is 10.1. The lowest BCUT2D eigenvalue weighted by Crippen LogP contribution is -2.25. The maximum atomic E-state index is 12.0. The van der Waals surface area contributed by atoms with Crippen molar-refractivity contribution in [2.24, 2.45) is 0 Å². The number of nitrogens with zero attached hydrogens (tertiary/aromatic N) is 1. The van der Waals surface area contributed by atoms with E-state index < -0.39 is 0 Å². The molecule has 2 heteroatoms. The predicted molar refractivity (Wildman–Crippen MR) is 72.4 cm³/mol. The number of ketones is 1. The van der Waals surface area contributed by atoms with Gasteiger partial charge in [-0.3, -0.25) is 9.69 Å². The maximum Gasteiger partial charge on any atom is 0.176 e. The van der Waals surface area contributed by atoms with Crippen molar-refractivity contribution in [3.8, 4) is 0 Å². The number of likely N-dealkylation sites (N-methyl/N-ethyl adjacent to an activating group) is 1. The molecule has 0 aliphatic rings. The smallest absolute Gasteiger partial charge is 0.176 e. The average molecular weight is 238 g/mol. The molecule has 0 bridgehead atoms. The van der Waals surface area contributed by atoms with Gasteiger partial charge in [0, 0.05) is 12.1 Å². The summed E-state index contributed by atoms with van der Waals surface area (Å²) in [5.41, 5.74) is 1.96. The molecule has 0 aliphatic heterocycles. The van der Waals surface area contributed by atoms with Gasteiger partial charge in [-0.2, -0.15) is 0 Å². The molecule has 1 radical (unpaired) electrons. The van der Waals surface area contributed by atoms with Crippen LogP contribution in [0.25, 0.3) is 0 Å². The molecule has 2 aromatic carbocycles. The quantitative estimate of drug-likeness (QED) is 0.746. The summed E-state index contributed by atoms with van der Waals surface area (Å²) in [4.78, 5) is 14.0. The van der Waals surface area contributed by atoms with Gasteiger partial charge >= 0.3 is 0 Å². The normalized spacial score (nSPS) is 10.6. The SMILES string of the molecule is CN(CC(=O)c1cc[c]cc1)Cc1ccccc1. The first-order valence-electron chi connectivity index (χ1n) is 5.97. The molecule has 0 fully saturated rings. The third-order valence-electron chi connectivity index (χ3n) is 2.75. The van der Waals surface area contributed by atoms with Crippen molar-refractivity contribution in [3.63, 3.8) is 0 Å². The minimum absolute atomic E-state index is 0.141. The van der Waals surface area contributed by atoms with Crippen LogP contribution in [0.4, 0.5) is 0 Å². The zero-order chi connectivity index (χ0) is 12.8. The Hall–Kier alpha value is -1.93. The number of hydrogen-bond donors (Lipinski definition) is 0. The molecule has 0 amide bonds. The Kier molecular flexibility index (Phi) is 4.26. The molecule has 18 heavy (non-hydrogen) atoms. The van der Waals surface area contributed by atoms with E-state index in [9.17, 15) is 4.79 Å². The second kappa shape index (κ2) is 6.12. The molecule has 2 nitrogen and oxygen atoms in total. The molecule has 0 spiro atoms. The third kappa shape index (κ3) is 3.54. The molecule has 0 unspecified atom stereocenters. The molecular formula is C16H16NO. The predicted octanol–water partition coefficient (Wildman–Crippen LogP) is 2.80. The molecule has 0 aromatic heterocycles. The molecule has 2 aromatic rings. The van der Waals surface area contributed by atoms with Crippen LogP contribution in [0.1, 0.15) is 15.9 Å². The lowest BCUT2D eigenvalue weighted by Gasteiger charge is -2.15. The third-order valence-corrected chi connectivity index (χ3v) is 2.75. The fraction of sp³-hybridized carbons (Fsp3) is 0.188. The van der Waals surface area contributed by atoms with E-state index in [-0.39, 0.29) is 5.78 Å². The standard InChI is InChI=1S/C16H16NO/c1-17(12-14-8-4-2-5-9-14)13-16(18)15-10-6-3-7-11-15/h2,4-11H,12-13H2,1H3. The van der Waals surface area contributed by atoms with E-state index in [1.54, 1.807) is 24.3 Å². The second-order valence-electron chi connectivity index (χ2n) is 4.37. The lowest BCUT2D eigenvalue weighted by molar-refractivity contribution is 0.0943. The highest BCUT2D eigenvalue weighted by molar-refractivity contribution is 5.97. The van der Waals surface area contributed by atoms with Crippen molar-refractivity contribution in [2.75, 3.05) is 13.6 Å². The molecule has 91 valence electrons. The fourth-order valence-corrected chi connectivity index (χ4v) is 1.86. The van der Waals surface area contributed by atoms with Gasteiger partial charge in [0.1, 0.15) is 0 Å². The van der Waals surface area contributed by atoms with Gasteiger partial charge in [-0.1, -0.05) is 54.6 Å². The number of Topliss-reactive ketones (excluding diaryl/α,β-unsaturated/α-hetero) is 1. The Bertz CT molecular complexity index is 493. The minimum Gasteiger partial charge on any atom is -0.295 e. The average Bonchev–Trinajstić information content (AvgIpc) is 2.40. The van der Waals surface area contributed by atoms with Crippen molar-refractivity contribution in [2.45, 2.75) is 6.54 Å². The van der Waals surface area contributed by atoms with Crippen molar-refractivity contribution >= 4 is 5.78 Å². The summed E-state index contributed by atoms with van der Waals surface area (Å²) in [5.74, 6) is 0.141. The Morgan fingerprint density at radius 3 is 2.44 bits per heavy atom. The van der Waals surface area contributed by atoms with Crippen LogP contribution >= 0.6 is 0 Å². The molecule has 0 saturated heterocycles. The largest absolute Gasteiger partial charge is 0.295 e. The van der Waals surface area contributed by atoms with Crippen molar-refractivity contribution < 1.29 is 4.79 Å². The van der Waals surface area contributed by atoms with E-state index in [2.05, 4.69) is 18.2 Å². The van der Waals surface area contributed by atoms with Gasteiger partial charge in [0.25, 0.3) is 0 Å². The van der Waals surface area contributed by atoms with Crippen LogP contribution in [-0.2, 0) is 6.54 Å². The summed E-state index contributed by atoms with van der Waals surface area (Å²) in [6.45, 7) is 1.21. The van der Waals surface area contributed by atoms with Crippen LogP contribution in [0, 0.1) is 6.07 Å².